The lowest BCUT2D eigenvalue weighted by molar-refractivity contribution is 1.17. The fraction of sp³-hybridized carbons (Fsp3) is 0.167. The van der Waals surface area contributed by atoms with Crippen LogP contribution in [0, 0.1) is 6.92 Å². The van der Waals surface area contributed by atoms with Gasteiger partial charge in [0, 0.05) is 9.35 Å². The maximum absolute atomic E-state index is 6.44. The summed E-state index contributed by atoms with van der Waals surface area (Å²) in [6.07, 6.45) is 0. The van der Waals surface area contributed by atoms with Crippen molar-refractivity contribution in [2.75, 3.05) is 0 Å². The average Bonchev–Trinajstić information content (AvgIpc) is 2.68. The van der Waals surface area contributed by atoms with Crippen LogP contribution >= 0.6 is 54.8 Å². The summed E-state index contributed by atoms with van der Waals surface area (Å²) in [6, 6.07) is 10.3. The Kier molecular flexibility index (Phi) is 4.11. The number of rotatable bonds is 2. The normalized spacial score (nSPS) is 12.8. The molecule has 0 saturated carbocycles. The molecule has 0 bridgehead atoms. The molecule has 1 heterocycles. The molecule has 0 N–H and O–H groups in total. The highest BCUT2D eigenvalue weighted by atomic mass is 79.9. The van der Waals surface area contributed by atoms with Gasteiger partial charge in [0.15, 0.2) is 0 Å². The summed E-state index contributed by atoms with van der Waals surface area (Å²) in [5, 5.41) is -0.0757. The summed E-state index contributed by atoms with van der Waals surface area (Å²) in [6.45, 7) is 2.07. The van der Waals surface area contributed by atoms with E-state index in [0.717, 1.165) is 18.7 Å². The lowest BCUT2D eigenvalue weighted by Gasteiger charge is -2.09. The molecule has 0 spiro atoms. The third kappa shape index (κ3) is 2.70. The van der Waals surface area contributed by atoms with Gasteiger partial charge in [0.05, 0.1) is 9.16 Å². The molecule has 0 amide bonds. The molecule has 1 unspecified atom stereocenters. The minimum absolute atomic E-state index is 0.0757. The summed E-state index contributed by atoms with van der Waals surface area (Å²) >= 11 is 15.1. The van der Waals surface area contributed by atoms with Gasteiger partial charge in [-0.1, -0.05) is 28.1 Å². The van der Waals surface area contributed by atoms with E-state index in [2.05, 4.69) is 63.0 Å². The van der Waals surface area contributed by atoms with Gasteiger partial charge in [-0.25, -0.2) is 0 Å². The first kappa shape index (κ1) is 12.6. The molecule has 0 aliphatic heterocycles. The standard InChI is InChI=1S/C12H9Br2ClS/c1-7-2-3-8(6-9(7)13)12(15)10-4-5-11(14)16-10/h2-6,12H,1H3. The zero-order chi connectivity index (χ0) is 11.7. The molecule has 0 nitrogen and oxygen atoms in total. The molecular formula is C12H9Br2ClS. The lowest BCUT2D eigenvalue weighted by atomic mass is 10.1. The van der Waals surface area contributed by atoms with E-state index in [4.69, 9.17) is 11.6 Å². The molecule has 1 aromatic carbocycles. The van der Waals surface area contributed by atoms with Crippen LogP contribution in [0.2, 0.25) is 0 Å². The Morgan fingerprint density at radius 2 is 1.94 bits per heavy atom. The van der Waals surface area contributed by atoms with Gasteiger partial charge in [-0.05, 0) is 52.2 Å². The molecule has 0 aliphatic carbocycles. The van der Waals surface area contributed by atoms with Crippen LogP contribution in [0.5, 0.6) is 0 Å². The smallest absolute Gasteiger partial charge is 0.0928 e. The monoisotopic (exact) mass is 378 g/mol. The molecule has 1 aromatic heterocycles. The highest BCUT2D eigenvalue weighted by molar-refractivity contribution is 9.11. The van der Waals surface area contributed by atoms with Crippen LogP contribution in [0.15, 0.2) is 38.6 Å². The second-order valence-corrected chi connectivity index (χ2v) is 7.30. The third-order valence-electron chi connectivity index (χ3n) is 2.33. The number of hydrogen-bond donors (Lipinski definition) is 0. The molecule has 2 aromatic rings. The number of hydrogen-bond acceptors (Lipinski definition) is 1. The zero-order valence-electron chi connectivity index (χ0n) is 8.51. The molecule has 4 heteroatoms. The summed E-state index contributed by atoms with van der Waals surface area (Å²) in [5.74, 6) is 0. The van der Waals surface area contributed by atoms with Crippen LogP contribution in [-0.2, 0) is 0 Å². The van der Waals surface area contributed by atoms with Gasteiger partial charge in [0.25, 0.3) is 0 Å². The first-order valence-corrected chi connectivity index (χ1v) is 7.57. The molecule has 0 aliphatic rings. The number of thiophene rings is 1. The van der Waals surface area contributed by atoms with Crippen LogP contribution in [0.25, 0.3) is 0 Å². The van der Waals surface area contributed by atoms with E-state index in [1.165, 1.54) is 5.56 Å². The van der Waals surface area contributed by atoms with Gasteiger partial charge in [-0.3, -0.25) is 0 Å². The van der Waals surface area contributed by atoms with E-state index < -0.39 is 0 Å². The van der Waals surface area contributed by atoms with Crippen LogP contribution in [0.1, 0.15) is 21.4 Å². The van der Waals surface area contributed by atoms with Crippen molar-refractivity contribution >= 4 is 54.8 Å². The van der Waals surface area contributed by atoms with E-state index in [1.807, 2.05) is 6.07 Å². The molecule has 0 radical (unpaired) electrons. The second-order valence-electron chi connectivity index (χ2n) is 3.51. The minimum Gasteiger partial charge on any atom is -0.131 e. The number of halogens is 3. The van der Waals surface area contributed by atoms with Crippen molar-refractivity contribution in [3.63, 3.8) is 0 Å². The SMILES string of the molecule is Cc1ccc(C(Cl)c2ccc(Br)s2)cc1Br. The minimum atomic E-state index is -0.0757. The number of alkyl halides is 1. The van der Waals surface area contributed by atoms with Gasteiger partial charge < -0.3 is 0 Å². The van der Waals surface area contributed by atoms with Crippen LogP contribution in [-0.4, -0.2) is 0 Å². The lowest BCUT2D eigenvalue weighted by Crippen LogP contribution is -1.90. The topological polar surface area (TPSA) is 0 Å². The summed E-state index contributed by atoms with van der Waals surface area (Å²) in [5.41, 5.74) is 2.34. The van der Waals surface area contributed by atoms with E-state index in [1.54, 1.807) is 11.3 Å². The Balaban J connectivity index is 2.33. The third-order valence-corrected chi connectivity index (χ3v) is 5.49. The average molecular weight is 381 g/mol. The molecule has 0 fully saturated rings. The summed E-state index contributed by atoms with van der Waals surface area (Å²) in [7, 11) is 0. The van der Waals surface area contributed by atoms with Crippen LogP contribution in [0.3, 0.4) is 0 Å². The molecule has 1 atom stereocenters. The van der Waals surface area contributed by atoms with E-state index in [9.17, 15) is 0 Å². The number of benzene rings is 1. The fourth-order valence-electron chi connectivity index (χ4n) is 1.40. The maximum Gasteiger partial charge on any atom is 0.0928 e. The van der Waals surface area contributed by atoms with Crippen LogP contribution < -0.4 is 0 Å². The largest absolute Gasteiger partial charge is 0.131 e. The van der Waals surface area contributed by atoms with Gasteiger partial charge >= 0.3 is 0 Å². The highest BCUT2D eigenvalue weighted by Crippen LogP contribution is 2.36. The van der Waals surface area contributed by atoms with E-state index in [-0.39, 0.29) is 5.38 Å². The zero-order valence-corrected chi connectivity index (χ0v) is 13.3. The maximum atomic E-state index is 6.44. The van der Waals surface area contributed by atoms with Gasteiger partial charge in [0.2, 0.25) is 0 Å². The Bertz CT molecular complexity index is 507. The molecule has 16 heavy (non-hydrogen) atoms. The molecule has 0 saturated heterocycles. The van der Waals surface area contributed by atoms with E-state index in [0.29, 0.717) is 0 Å². The Labute approximate surface area is 121 Å². The van der Waals surface area contributed by atoms with Gasteiger partial charge in [0.1, 0.15) is 0 Å². The predicted octanol–water partition coefficient (Wildman–Crippen LogP) is 5.91. The Morgan fingerprint density at radius 1 is 1.19 bits per heavy atom. The van der Waals surface area contributed by atoms with Crippen molar-refractivity contribution in [1.29, 1.82) is 0 Å². The van der Waals surface area contributed by atoms with Crippen LogP contribution in [0.4, 0.5) is 0 Å². The van der Waals surface area contributed by atoms with Crippen molar-refractivity contribution in [3.8, 4) is 0 Å². The second kappa shape index (κ2) is 5.21. The van der Waals surface area contributed by atoms with Crippen molar-refractivity contribution in [3.05, 3.63) is 54.6 Å². The first-order chi connectivity index (χ1) is 7.58. The first-order valence-electron chi connectivity index (χ1n) is 4.73. The Morgan fingerprint density at radius 3 is 2.50 bits per heavy atom. The molecule has 84 valence electrons. The van der Waals surface area contributed by atoms with Crippen molar-refractivity contribution in [1.82, 2.24) is 0 Å². The molecular weight excluding hydrogens is 371 g/mol. The highest BCUT2D eigenvalue weighted by Gasteiger charge is 2.13. The van der Waals surface area contributed by atoms with Crippen molar-refractivity contribution < 1.29 is 0 Å². The number of aryl methyl sites for hydroxylation is 1. The summed E-state index contributed by atoms with van der Waals surface area (Å²) < 4.78 is 2.21. The van der Waals surface area contributed by atoms with Crippen molar-refractivity contribution in [2.24, 2.45) is 0 Å². The quantitative estimate of drug-likeness (QED) is 0.568. The van der Waals surface area contributed by atoms with E-state index >= 15 is 0 Å². The Hall–Kier alpha value is 0.170. The molecule has 2 rings (SSSR count). The van der Waals surface area contributed by atoms with Crippen molar-refractivity contribution in [2.45, 2.75) is 12.3 Å². The fourth-order valence-corrected chi connectivity index (χ4v) is 3.56. The summed E-state index contributed by atoms with van der Waals surface area (Å²) in [4.78, 5) is 1.16. The predicted molar refractivity (Wildman–Crippen MR) is 78.6 cm³/mol. The van der Waals surface area contributed by atoms with Gasteiger partial charge in [-0.2, -0.15) is 0 Å². The van der Waals surface area contributed by atoms with Gasteiger partial charge in [-0.15, -0.1) is 22.9 Å².